The number of imide groups is 1. The number of nitrogens with zero attached hydrogens (tertiary/aromatic N) is 3. The van der Waals surface area contributed by atoms with Gasteiger partial charge in [-0.05, 0) is 61.5 Å². The number of nitriles is 1. The molecule has 1 aliphatic heterocycles. The summed E-state index contributed by atoms with van der Waals surface area (Å²) in [4.78, 5) is 53.3. The molecule has 1 aliphatic rings. The first kappa shape index (κ1) is 24.2. The van der Waals surface area contributed by atoms with E-state index in [2.05, 4.69) is 0 Å². The van der Waals surface area contributed by atoms with E-state index in [1.807, 2.05) is 13.0 Å². The highest BCUT2D eigenvalue weighted by atomic mass is 16.5. The number of para-hydroxylation sites is 1. The number of ether oxygens (including phenoxy) is 2. The molecule has 36 heavy (non-hydrogen) atoms. The largest absolute Gasteiger partial charge is 0.494 e. The van der Waals surface area contributed by atoms with Crippen molar-refractivity contribution in [3.8, 4) is 11.8 Å². The van der Waals surface area contributed by atoms with Crippen molar-refractivity contribution in [2.45, 2.75) is 6.92 Å². The average Bonchev–Trinajstić information content (AvgIpc) is 3.16. The van der Waals surface area contributed by atoms with E-state index in [0.717, 1.165) is 4.90 Å². The number of hydrogen-bond donors (Lipinski definition) is 0. The average molecular weight is 483 g/mol. The van der Waals surface area contributed by atoms with Gasteiger partial charge in [0.15, 0.2) is 6.61 Å². The van der Waals surface area contributed by atoms with Crippen molar-refractivity contribution in [2.75, 3.05) is 29.6 Å². The van der Waals surface area contributed by atoms with Crippen LogP contribution >= 0.6 is 0 Å². The predicted molar refractivity (Wildman–Crippen MR) is 130 cm³/mol. The number of carbonyl (C=O) groups is 4. The zero-order valence-electron chi connectivity index (χ0n) is 19.3. The molecule has 0 atom stereocenters. The van der Waals surface area contributed by atoms with Crippen molar-refractivity contribution in [1.82, 2.24) is 0 Å². The molecule has 0 saturated carbocycles. The Hall–Kier alpha value is -4.97. The SMILES string of the molecule is CCOc1ccc(N2C(=O)c3ccc(C(=O)OCC(=O)N(CC#N)c4ccccc4)cc3C2=O)cc1. The van der Waals surface area contributed by atoms with E-state index in [9.17, 15) is 19.2 Å². The third-order valence-corrected chi connectivity index (χ3v) is 5.45. The zero-order chi connectivity index (χ0) is 25.7. The van der Waals surface area contributed by atoms with Crippen LogP contribution < -0.4 is 14.5 Å². The number of benzene rings is 3. The molecule has 3 aromatic carbocycles. The Morgan fingerprint density at radius 3 is 2.31 bits per heavy atom. The quantitative estimate of drug-likeness (QED) is 0.273. The molecule has 0 radical (unpaired) electrons. The van der Waals surface area contributed by atoms with Crippen LogP contribution in [-0.2, 0) is 9.53 Å². The van der Waals surface area contributed by atoms with Crippen LogP contribution in [0.3, 0.4) is 0 Å². The van der Waals surface area contributed by atoms with E-state index in [-0.39, 0.29) is 23.2 Å². The molecule has 180 valence electrons. The van der Waals surface area contributed by atoms with Crippen LogP contribution in [0.2, 0.25) is 0 Å². The number of rotatable bonds is 8. The number of amides is 3. The summed E-state index contributed by atoms with van der Waals surface area (Å²) in [7, 11) is 0. The first-order valence-corrected chi connectivity index (χ1v) is 11.1. The van der Waals surface area contributed by atoms with Crippen LogP contribution in [0.5, 0.6) is 5.75 Å². The number of fused-ring (bicyclic) bond motifs is 1. The maximum absolute atomic E-state index is 13.0. The van der Waals surface area contributed by atoms with Gasteiger partial charge in [0.25, 0.3) is 17.7 Å². The Balaban J connectivity index is 1.47. The molecule has 3 aromatic rings. The standard InChI is InChI=1S/C27H21N3O6/c1-2-35-21-11-9-20(10-12-21)30-25(32)22-13-8-18(16-23(22)26(30)33)27(34)36-17-24(31)29(15-14-28)19-6-4-3-5-7-19/h3-13,16H,2,15,17H2,1H3. The lowest BCUT2D eigenvalue weighted by Gasteiger charge is -2.19. The molecule has 0 unspecified atom stereocenters. The van der Waals surface area contributed by atoms with Crippen molar-refractivity contribution >= 4 is 35.1 Å². The van der Waals surface area contributed by atoms with Gasteiger partial charge in [-0.1, -0.05) is 18.2 Å². The van der Waals surface area contributed by atoms with E-state index < -0.39 is 30.3 Å². The normalized spacial score (nSPS) is 12.1. The lowest BCUT2D eigenvalue weighted by molar-refractivity contribution is -0.121. The fourth-order valence-corrected chi connectivity index (χ4v) is 3.75. The lowest BCUT2D eigenvalue weighted by atomic mass is 10.1. The van der Waals surface area contributed by atoms with Gasteiger partial charge in [0.1, 0.15) is 12.3 Å². The van der Waals surface area contributed by atoms with E-state index in [1.165, 1.54) is 23.1 Å². The summed E-state index contributed by atoms with van der Waals surface area (Å²) in [5.74, 6) is -1.89. The molecule has 0 spiro atoms. The predicted octanol–water partition coefficient (Wildman–Crippen LogP) is 3.60. The van der Waals surface area contributed by atoms with Gasteiger partial charge in [0.05, 0.1) is 35.1 Å². The fourth-order valence-electron chi connectivity index (χ4n) is 3.75. The van der Waals surface area contributed by atoms with Gasteiger partial charge < -0.3 is 9.47 Å². The molecule has 9 heteroatoms. The van der Waals surface area contributed by atoms with E-state index in [4.69, 9.17) is 14.7 Å². The third kappa shape index (κ3) is 4.79. The summed E-state index contributed by atoms with van der Waals surface area (Å²) in [6.45, 7) is 1.52. The summed E-state index contributed by atoms with van der Waals surface area (Å²) in [5, 5.41) is 9.06. The lowest BCUT2D eigenvalue weighted by Crippen LogP contribution is -2.35. The van der Waals surface area contributed by atoms with Crippen molar-refractivity contribution in [3.05, 3.63) is 89.5 Å². The van der Waals surface area contributed by atoms with E-state index >= 15 is 0 Å². The van der Waals surface area contributed by atoms with Gasteiger partial charge in [-0.2, -0.15) is 5.26 Å². The van der Waals surface area contributed by atoms with Crippen LogP contribution in [0.4, 0.5) is 11.4 Å². The summed E-state index contributed by atoms with van der Waals surface area (Å²) in [6.07, 6.45) is 0. The van der Waals surface area contributed by atoms with E-state index in [1.54, 1.807) is 54.6 Å². The highest BCUT2D eigenvalue weighted by Gasteiger charge is 2.37. The van der Waals surface area contributed by atoms with Crippen molar-refractivity contribution in [3.63, 3.8) is 0 Å². The van der Waals surface area contributed by atoms with Gasteiger partial charge in [-0.3, -0.25) is 19.3 Å². The van der Waals surface area contributed by atoms with Gasteiger partial charge in [0.2, 0.25) is 0 Å². The van der Waals surface area contributed by atoms with Crippen LogP contribution in [0.1, 0.15) is 38.0 Å². The highest BCUT2D eigenvalue weighted by Crippen LogP contribution is 2.30. The van der Waals surface area contributed by atoms with Gasteiger partial charge >= 0.3 is 5.97 Å². The minimum absolute atomic E-state index is 0.0165. The topological polar surface area (TPSA) is 117 Å². The molecule has 0 N–H and O–H groups in total. The summed E-state index contributed by atoms with van der Waals surface area (Å²) >= 11 is 0. The van der Waals surface area contributed by atoms with Crippen LogP contribution in [-0.4, -0.2) is 43.4 Å². The Morgan fingerprint density at radius 2 is 1.64 bits per heavy atom. The molecular formula is C27H21N3O6. The second-order valence-corrected chi connectivity index (χ2v) is 7.68. The van der Waals surface area contributed by atoms with Gasteiger partial charge in [0, 0.05) is 5.69 Å². The molecular weight excluding hydrogens is 462 g/mol. The van der Waals surface area contributed by atoms with Gasteiger partial charge in [-0.15, -0.1) is 0 Å². The summed E-state index contributed by atoms with van der Waals surface area (Å²) in [6, 6.07) is 21.0. The molecule has 0 aliphatic carbocycles. The zero-order valence-corrected chi connectivity index (χ0v) is 19.3. The van der Waals surface area contributed by atoms with Gasteiger partial charge in [-0.25, -0.2) is 9.69 Å². The third-order valence-electron chi connectivity index (χ3n) is 5.45. The second kappa shape index (κ2) is 10.5. The van der Waals surface area contributed by atoms with Crippen molar-refractivity contribution < 1.29 is 28.7 Å². The Bertz CT molecular complexity index is 1360. The summed E-state index contributed by atoms with van der Waals surface area (Å²) in [5.41, 5.74) is 1.10. The first-order chi connectivity index (χ1) is 17.4. The van der Waals surface area contributed by atoms with Crippen molar-refractivity contribution in [1.29, 1.82) is 5.26 Å². The monoisotopic (exact) mass is 483 g/mol. The number of carbonyl (C=O) groups excluding carboxylic acids is 4. The molecule has 9 nitrogen and oxygen atoms in total. The molecule has 3 amide bonds. The fraction of sp³-hybridized carbons (Fsp3) is 0.148. The minimum atomic E-state index is -0.837. The number of hydrogen-bond acceptors (Lipinski definition) is 7. The number of esters is 1. The Labute approximate surface area is 207 Å². The number of anilines is 2. The molecule has 0 bridgehead atoms. The Kier molecular flexibility index (Phi) is 7.07. The van der Waals surface area contributed by atoms with Crippen LogP contribution in [0.25, 0.3) is 0 Å². The molecule has 0 saturated heterocycles. The van der Waals surface area contributed by atoms with Crippen molar-refractivity contribution in [2.24, 2.45) is 0 Å². The van der Waals surface area contributed by atoms with Crippen LogP contribution in [0, 0.1) is 11.3 Å². The molecule has 1 heterocycles. The smallest absolute Gasteiger partial charge is 0.338 e. The molecule has 0 aromatic heterocycles. The molecule has 0 fully saturated rings. The second-order valence-electron chi connectivity index (χ2n) is 7.68. The molecule has 4 rings (SSSR count). The maximum atomic E-state index is 13.0. The Morgan fingerprint density at radius 1 is 0.944 bits per heavy atom. The van der Waals surface area contributed by atoms with E-state index in [0.29, 0.717) is 23.7 Å². The maximum Gasteiger partial charge on any atom is 0.338 e. The summed E-state index contributed by atoms with van der Waals surface area (Å²) < 4.78 is 10.5. The van der Waals surface area contributed by atoms with Crippen LogP contribution in [0.15, 0.2) is 72.8 Å². The highest BCUT2D eigenvalue weighted by molar-refractivity contribution is 6.34. The first-order valence-electron chi connectivity index (χ1n) is 11.1. The minimum Gasteiger partial charge on any atom is -0.494 e.